The van der Waals surface area contributed by atoms with Gasteiger partial charge in [-0.3, -0.25) is 4.79 Å². The first-order valence-corrected chi connectivity index (χ1v) is 7.47. The molecule has 0 rings (SSSR count). The van der Waals surface area contributed by atoms with E-state index in [0.717, 1.165) is 32.4 Å². The zero-order valence-corrected chi connectivity index (χ0v) is 13.2. The number of nitrogens with zero attached hydrogens (tertiary/aromatic N) is 1. The molecule has 0 atom stereocenters. The van der Waals surface area contributed by atoms with Gasteiger partial charge in [0, 0.05) is 39.7 Å². The second kappa shape index (κ2) is 13.6. The van der Waals surface area contributed by atoms with Crippen LogP contribution in [0.4, 0.5) is 4.79 Å². The molecule has 0 bridgehead atoms. The Morgan fingerprint density at radius 2 is 1.71 bits per heavy atom. The van der Waals surface area contributed by atoms with Crippen molar-refractivity contribution < 1.29 is 19.4 Å². The number of carboxylic acids is 1. The third-order valence-electron chi connectivity index (χ3n) is 3.06. The van der Waals surface area contributed by atoms with Crippen LogP contribution in [0.15, 0.2) is 0 Å². The highest BCUT2D eigenvalue weighted by Crippen LogP contribution is 2.01. The Bertz CT molecular complexity index is 287. The van der Waals surface area contributed by atoms with Gasteiger partial charge in [0.2, 0.25) is 0 Å². The average Bonchev–Trinajstić information content (AvgIpc) is 2.43. The summed E-state index contributed by atoms with van der Waals surface area (Å²) in [6.07, 6.45) is 3.63. The van der Waals surface area contributed by atoms with Crippen molar-refractivity contribution in [1.29, 1.82) is 0 Å². The molecule has 0 heterocycles. The Morgan fingerprint density at radius 1 is 1.05 bits per heavy atom. The summed E-state index contributed by atoms with van der Waals surface area (Å²) in [5.41, 5.74) is 0. The van der Waals surface area contributed by atoms with Crippen molar-refractivity contribution in [3.63, 3.8) is 0 Å². The minimum Gasteiger partial charge on any atom is -0.481 e. The minimum atomic E-state index is -0.747. The maximum absolute atomic E-state index is 11.5. The van der Waals surface area contributed by atoms with E-state index in [1.807, 2.05) is 7.05 Å². The quantitative estimate of drug-likeness (QED) is 0.440. The Labute approximate surface area is 127 Å². The lowest BCUT2D eigenvalue weighted by molar-refractivity contribution is -0.137. The van der Waals surface area contributed by atoms with E-state index < -0.39 is 5.97 Å². The summed E-state index contributed by atoms with van der Waals surface area (Å²) in [6.45, 7) is 3.54. The van der Waals surface area contributed by atoms with Gasteiger partial charge < -0.3 is 25.4 Å². The van der Waals surface area contributed by atoms with Crippen LogP contribution in [0.2, 0.25) is 0 Å². The summed E-state index contributed by atoms with van der Waals surface area (Å²) < 4.78 is 4.97. The first-order chi connectivity index (χ1) is 10.1. The van der Waals surface area contributed by atoms with Crippen LogP contribution in [0.5, 0.6) is 0 Å². The predicted molar refractivity (Wildman–Crippen MR) is 81.5 cm³/mol. The van der Waals surface area contributed by atoms with Crippen LogP contribution in [0.3, 0.4) is 0 Å². The van der Waals surface area contributed by atoms with Crippen molar-refractivity contribution in [3.8, 4) is 0 Å². The van der Waals surface area contributed by atoms with E-state index in [-0.39, 0.29) is 12.5 Å². The molecule has 0 saturated carbocycles. The fourth-order valence-electron chi connectivity index (χ4n) is 1.74. The number of nitrogens with one attached hydrogen (secondary N) is 2. The fourth-order valence-corrected chi connectivity index (χ4v) is 1.74. The molecule has 0 fully saturated rings. The van der Waals surface area contributed by atoms with E-state index >= 15 is 0 Å². The van der Waals surface area contributed by atoms with Gasteiger partial charge in [0.15, 0.2) is 0 Å². The van der Waals surface area contributed by atoms with Crippen molar-refractivity contribution in [2.24, 2.45) is 0 Å². The Hall–Kier alpha value is -1.34. The highest BCUT2D eigenvalue weighted by molar-refractivity contribution is 5.73. The lowest BCUT2D eigenvalue weighted by atomic mass is 10.1. The molecule has 0 aliphatic rings. The maximum Gasteiger partial charge on any atom is 0.314 e. The van der Waals surface area contributed by atoms with Crippen LogP contribution in [-0.4, -0.2) is 69.0 Å². The van der Waals surface area contributed by atoms with E-state index in [9.17, 15) is 9.59 Å². The normalized spacial score (nSPS) is 10.6. The molecule has 0 aliphatic carbocycles. The Balaban J connectivity index is 3.32. The fraction of sp³-hybridized carbons (Fsp3) is 0.857. The molecule has 21 heavy (non-hydrogen) atoms. The molecule has 7 heteroatoms. The van der Waals surface area contributed by atoms with E-state index in [2.05, 4.69) is 15.5 Å². The van der Waals surface area contributed by atoms with Gasteiger partial charge in [0.1, 0.15) is 0 Å². The number of hydrogen-bond donors (Lipinski definition) is 3. The predicted octanol–water partition coefficient (Wildman–Crippen LogP) is 0.899. The van der Waals surface area contributed by atoms with Gasteiger partial charge >= 0.3 is 12.0 Å². The zero-order valence-electron chi connectivity index (χ0n) is 13.2. The standard InChI is InChI=1S/C14H29N3O4/c1-17(11-12-21-2)10-9-16-14(20)15-8-6-4-3-5-7-13(18)19/h3-12H2,1-2H3,(H,18,19)(H2,15,16,20). The molecular weight excluding hydrogens is 274 g/mol. The van der Waals surface area contributed by atoms with Crippen molar-refractivity contribution in [1.82, 2.24) is 15.5 Å². The number of carboxylic acid groups (broad SMARTS) is 1. The molecule has 0 aromatic rings. The smallest absolute Gasteiger partial charge is 0.314 e. The summed E-state index contributed by atoms with van der Waals surface area (Å²) in [6, 6.07) is -0.152. The van der Waals surface area contributed by atoms with Gasteiger partial charge in [-0.15, -0.1) is 0 Å². The molecule has 0 unspecified atom stereocenters. The molecule has 0 saturated heterocycles. The molecule has 7 nitrogen and oxygen atoms in total. The van der Waals surface area contributed by atoms with E-state index in [1.165, 1.54) is 0 Å². The van der Waals surface area contributed by atoms with Gasteiger partial charge in [0.25, 0.3) is 0 Å². The first kappa shape index (κ1) is 19.7. The number of urea groups is 1. The number of rotatable bonds is 13. The molecule has 0 aromatic heterocycles. The molecule has 0 aliphatic heterocycles. The van der Waals surface area contributed by atoms with Crippen LogP contribution in [0, 0.1) is 0 Å². The number of ether oxygens (including phenoxy) is 1. The summed E-state index contributed by atoms with van der Waals surface area (Å²) in [7, 11) is 3.65. The number of hydrogen-bond acceptors (Lipinski definition) is 4. The second-order valence-electron chi connectivity index (χ2n) is 5.04. The zero-order chi connectivity index (χ0) is 15.9. The molecular formula is C14H29N3O4. The molecule has 124 valence electrons. The van der Waals surface area contributed by atoms with Crippen molar-refractivity contribution in [2.45, 2.75) is 32.1 Å². The number of carbonyl (C=O) groups is 2. The molecule has 3 N–H and O–H groups in total. The topological polar surface area (TPSA) is 90.9 Å². The first-order valence-electron chi connectivity index (χ1n) is 7.47. The number of methoxy groups -OCH3 is 1. The van der Waals surface area contributed by atoms with Crippen molar-refractivity contribution >= 4 is 12.0 Å². The van der Waals surface area contributed by atoms with Crippen molar-refractivity contribution in [2.75, 3.05) is 46.9 Å². The average molecular weight is 303 g/mol. The highest BCUT2D eigenvalue weighted by Gasteiger charge is 2.01. The summed E-state index contributed by atoms with van der Waals surface area (Å²) >= 11 is 0. The number of carbonyl (C=O) groups excluding carboxylic acids is 1. The van der Waals surface area contributed by atoms with Crippen LogP contribution >= 0.6 is 0 Å². The highest BCUT2D eigenvalue weighted by atomic mass is 16.5. The van der Waals surface area contributed by atoms with Gasteiger partial charge in [-0.25, -0.2) is 4.79 Å². The number of aliphatic carboxylic acids is 1. The second-order valence-corrected chi connectivity index (χ2v) is 5.04. The SMILES string of the molecule is COCCN(C)CCNC(=O)NCCCCCCC(=O)O. The Morgan fingerprint density at radius 3 is 2.38 bits per heavy atom. The summed E-state index contributed by atoms with van der Waals surface area (Å²) in [5.74, 6) is -0.747. The molecule has 2 amide bonds. The van der Waals surface area contributed by atoms with E-state index in [4.69, 9.17) is 9.84 Å². The summed E-state index contributed by atoms with van der Waals surface area (Å²) in [5, 5.41) is 14.1. The number of likely N-dealkylation sites (N-methyl/N-ethyl adjacent to an activating group) is 1. The monoisotopic (exact) mass is 303 g/mol. The molecule has 0 spiro atoms. The summed E-state index contributed by atoms with van der Waals surface area (Å²) in [4.78, 5) is 23.9. The van der Waals surface area contributed by atoms with Crippen LogP contribution in [-0.2, 0) is 9.53 Å². The van der Waals surface area contributed by atoms with Gasteiger partial charge in [0.05, 0.1) is 6.61 Å². The number of unbranched alkanes of at least 4 members (excludes halogenated alkanes) is 3. The minimum absolute atomic E-state index is 0.152. The lowest BCUT2D eigenvalue weighted by Gasteiger charge is -2.16. The van der Waals surface area contributed by atoms with Gasteiger partial charge in [-0.2, -0.15) is 0 Å². The molecule has 0 aromatic carbocycles. The lowest BCUT2D eigenvalue weighted by Crippen LogP contribution is -2.40. The van der Waals surface area contributed by atoms with Gasteiger partial charge in [-0.1, -0.05) is 12.8 Å². The Kier molecular flexibility index (Phi) is 12.8. The van der Waals surface area contributed by atoms with E-state index in [1.54, 1.807) is 7.11 Å². The van der Waals surface area contributed by atoms with E-state index in [0.29, 0.717) is 26.1 Å². The van der Waals surface area contributed by atoms with Crippen molar-refractivity contribution in [3.05, 3.63) is 0 Å². The van der Waals surface area contributed by atoms with Crippen LogP contribution < -0.4 is 10.6 Å². The van der Waals surface area contributed by atoms with Crippen LogP contribution in [0.1, 0.15) is 32.1 Å². The molecule has 0 radical (unpaired) electrons. The third kappa shape index (κ3) is 14.9. The maximum atomic E-state index is 11.5. The van der Waals surface area contributed by atoms with Crippen LogP contribution in [0.25, 0.3) is 0 Å². The largest absolute Gasteiger partial charge is 0.481 e. The number of amides is 2. The van der Waals surface area contributed by atoms with Gasteiger partial charge in [-0.05, 0) is 19.9 Å². The third-order valence-corrected chi connectivity index (χ3v) is 3.06.